The van der Waals surface area contributed by atoms with Crippen LogP contribution < -0.4 is 15.4 Å². The summed E-state index contributed by atoms with van der Waals surface area (Å²) in [6, 6.07) is 14.5. The monoisotopic (exact) mass is 444 g/mol. The maximum Gasteiger partial charge on any atom is 0.261 e. The number of fused-ring (bicyclic) bond motifs is 1. The number of amides is 1. The van der Waals surface area contributed by atoms with E-state index < -0.39 is 5.91 Å². The normalized spacial score (nSPS) is 10.5. The first-order chi connectivity index (χ1) is 12.9. The molecule has 0 aliphatic rings. The molecule has 138 valence electrons. The molecule has 3 rings (SSSR count). The standard InChI is InChI=1S/C20H17BrN2O3S/c1-11-9-13(21)10-15(18(11)26-2)19(25)23-20(27)22-17-14-6-4-3-5-12(14)7-8-16(17)24/h3-10,24H,1-2H3,(H2,22,23,25,27). The van der Waals surface area contributed by atoms with Gasteiger partial charge in [0.2, 0.25) is 0 Å². The third-order valence-electron chi connectivity index (χ3n) is 4.06. The summed E-state index contributed by atoms with van der Waals surface area (Å²) in [5, 5.41) is 17.6. The summed E-state index contributed by atoms with van der Waals surface area (Å²) in [5.41, 5.74) is 1.62. The lowest BCUT2D eigenvalue weighted by molar-refractivity contribution is 0.0974. The first-order valence-corrected chi connectivity index (χ1v) is 9.28. The quantitative estimate of drug-likeness (QED) is 0.401. The van der Waals surface area contributed by atoms with E-state index in [1.165, 1.54) is 7.11 Å². The number of carbonyl (C=O) groups excluding carboxylic acids is 1. The van der Waals surface area contributed by atoms with Crippen LogP contribution in [0.5, 0.6) is 11.5 Å². The largest absolute Gasteiger partial charge is 0.506 e. The molecule has 0 bridgehead atoms. The Labute approximate surface area is 170 Å². The molecule has 0 spiro atoms. The highest BCUT2D eigenvalue weighted by atomic mass is 79.9. The minimum absolute atomic E-state index is 0.0428. The van der Waals surface area contributed by atoms with Gasteiger partial charge in [0.15, 0.2) is 5.11 Å². The molecule has 0 atom stereocenters. The number of aryl methyl sites for hydroxylation is 1. The van der Waals surface area contributed by atoms with Gasteiger partial charge < -0.3 is 15.2 Å². The van der Waals surface area contributed by atoms with Crippen molar-refractivity contribution in [3.05, 3.63) is 64.1 Å². The Bertz CT molecular complexity index is 1050. The zero-order valence-corrected chi connectivity index (χ0v) is 17.1. The molecule has 7 heteroatoms. The smallest absolute Gasteiger partial charge is 0.261 e. The molecule has 3 aromatic rings. The Morgan fingerprint density at radius 1 is 1.19 bits per heavy atom. The number of phenols is 1. The van der Waals surface area contributed by atoms with Crippen LogP contribution in [0.15, 0.2) is 53.0 Å². The fourth-order valence-corrected chi connectivity index (χ4v) is 3.64. The average Bonchev–Trinajstić information content (AvgIpc) is 2.63. The molecule has 0 aliphatic heterocycles. The second-order valence-electron chi connectivity index (χ2n) is 5.89. The van der Waals surface area contributed by atoms with E-state index in [2.05, 4.69) is 26.6 Å². The van der Waals surface area contributed by atoms with E-state index in [1.54, 1.807) is 12.1 Å². The van der Waals surface area contributed by atoms with Crippen LogP contribution >= 0.6 is 28.1 Å². The number of ether oxygens (including phenoxy) is 1. The fraction of sp³-hybridized carbons (Fsp3) is 0.100. The topological polar surface area (TPSA) is 70.6 Å². The molecule has 3 N–H and O–H groups in total. The summed E-state index contributed by atoms with van der Waals surface area (Å²) in [6.07, 6.45) is 0. The van der Waals surface area contributed by atoms with Gasteiger partial charge in [-0.2, -0.15) is 0 Å². The molecule has 5 nitrogen and oxygen atoms in total. The van der Waals surface area contributed by atoms with Gasteiger partial charge in [0.05, 0.1) is 18.4 Å². The van der Waals surface area contributed by atoms with Gasteiger partial charge in [0.1, 0.15) is 11.5 Å². The van der Waals surface area contributed by atoms with Crippen molar-refractivity contribution in [1.29, 1.82) is 0 Å². The van der Waals surface area contributed by atoms with E-state index >= 15 is 0 Å². The summed E-state index contributed by atoms with van der Waals surface area (Å²) in [6.45, 7) is 1.85. The highest BCUT2D eigenvalue weighted by molar-refractivity contribution is 9.10. The predicted molar refractivity (Wildman–Crippen MR) is 115 cm³/mol. The van der Waals surface area contributed by atoms with Crippen molar-refractivity contribution in [1.82, 2.24) is 5.32 Å². The van der Waals surface area contributed by atoms with Gasteiger partial charge in [-0.25, -0.2) is 0 Å². The SMILES string of the molecule is COc1c(C)cc(Br)cc1C(=O)NC(=S)Nc1c(O)ccc2ccccc12. The highest BCUT2D eigenvalue weighted by Crippen LogP contribution is 2.32. The Morgan fingerprint density at radius 2 is 1.93 bits per heavy atom. The minimum Gasteiger partial charge on any atom is -0.506 e. The van der Waals surface area contributed by atoms with Crippen molar-refractivity contribution in [2.75, 3.05) is 12.4 Å². The van der Waals surface area contributed by atoms with Crippen LogP contribution in [0.4, 0.5) is 5.69 Å². The second-order valence-corrected chi connectivity index (χ2v) is 7.22. The van der Waals surface area contributed by atoms with Gasteiger partial charge in [-0.1, -0.05) is 46.3 Å². The van der Waals surface area contributed by atoms with Crippen LogP contribution in [0.1, 0.15) is 15.9 Å². The third kappa shape index (κ3) is 4.04. The number of methoxy groups -OCH3 is 1. The summed E-state index contributed by atoms with van der Waals surface area (Å²) in [5.74, 6) is 0.112. The van der Waals surface area contributed by atoms with Crippen molar-refractivity contribution in [2.24, 2.45) is 0 Å². The lowest BCUT2D eigenvalue weighted by atomic mass is 10.1. The molecule has 0 saturated heterocycles. The van der Waals surface area contributed by atoms with E-state index in [-0.39, 0.29) is 10.9 Å². The first-order valence-electron chi connectivity index (χ1n) is 8.08. The van der Waals surface area contributed by atoms with Crippen LogP contribution in [-0.2, 0) is 0 Å². The minimum atomic E-state index is -0.409. The van der Waals surface area contributed by atoms with Crippen LogP contribution in [0.3, 0.4) is 0 Å². The Morgan fingerprint density at radius 3 is 2.67 bits per heavy atom. The van der Waals surface area contributed by atoms with Gasteiger partial charge in [0.25, 0.3) is 5.91 Å². The molecule has 0 fully saturated rings. The number of halogens is 1. The Balaban J connectivity index is 1.85. The number of phenolic OH excluding ortho intramolecular Hbond substituents is 1. The molecule has 0 saturated carbocycles. The number of nitrogens with one attached hydrogen (secondary N) is 2. The molecular weight excluding hydrogens is 428 g/mol. The lowest BCUT2D eigenvalue weighted by Gasteiger charge is -2.15. The predicted octanol–water partition coefficient (Wildman–Crippen LogP) is 4.75. The summed E-state index contributed by atoms with van der Waals surface area (Å²) < 4.78 is 6.10. The molecule has 3 aromatic carbocycles. The molecule has 0 aliphatic carbocycles. The molecular formula is C20H17BrN2O3S. The van der Waals surface area contributed by atoms with Crippen molar-refractivity contribution in [3.8, 4) is 11.5 Å². The number of rotatable bonds is 3. The Hall–Kier alpha value is -2.64. The van der Waals surface area contributed by atoms with Gasteiger partial charge in [0, 0.05) is 9.86 Å². The average molecular weight is 445 g/mol. The molecule has 1 amide bonds. The van der Waals surface area contributed by atoms with E-state index in [0.717, 1.165) is 20.8 Å². The molecule has 0 heterocycles. The van der Waals surface area contributed by atoms with E-state index in [4.69, 9.17) is 17.0 Å². The molecule has 0 radical (unpaired) electrons. The third-order valence-corrected chi connectivity index (χ3v) is 4.72. The summed E-state index contributed by atoms with van der Waals surface area (Å²) >= 11 is 8.66. The van der Waals surface area contributed by atoms with Crippen LogP contribution in [0, 0.1) is 6.92 Å². The van der Waals surface area contributed by atoms with Crippen molar-refractivity contribution >= 4 is 55.6 Å². The van der Waals surface area contributed by atoms with Gasteiger partial charge in [-0.15, -0.1) is 0 Å². The van der Waals surface area contributed by atoms with Gasteiger partial charge in [-0.05, 0) is 48.3 Å². The number of anilines is 1. The van der Waals surface area contributed by atoms with Crippen molar-refractivity contribution in [3.63, 3.8) is 0 Å². The van der Waals surface area contributed by atoms with Gasteiger partial charge in [-0.3, -0.25) is 10.1 Å². The van der Waals surface area contributed by atoms with E-state index in [9.17, 15) is 9.90 Å². The summed E-state index contributed by atoms with van der Waals surface area (Å²) in [4.78, 5) is 12.7. The van der Waals surface area contributed by atoms with Crippen LogP contribution in [0.2, 0.25) is 0 Å². The Kier molecular flexibility index (Phi) is 5.62. The zero-order valence-electron chi connectivity index (χ0n) is 14.7. The van der Waals surface area contributed by atoms with E-state index in [0.29, 0.717) is 17.0 Å². The molecule has 0 aromatic heterocycles. The van der Waals surface area contributed by atoms with Crippen molar-refractivity contribution < 1.29 is 14.6 Å². The number of hydrogen-bond acceptors (Lipinski definition) is 4. The number of benzene rings is 3. The second kappa shape index (κ2) is 7.94. The van der Waals surface area contributed by atoms with E-state index in [1.807, 2.05) is 43.3 Å². The first kappa shape index (κ1) is 19.1. The summed E-state index contributed by atoms with van der Waals surface area (Å²) in [7, 11) is 1.51. The maximum absolute atomic E-state index is 12.7. The lowest BCUT2D eigenvalue weighted by Crippen LogP contribution is -2.34. The zero-order chi connectivity index (χ0) is 19.6. The van der Waals surface area contributed by atoms with Crippen LogP contribution in [0.25, 0.3) is 10.8 Å². The number of carbonyl (C=O) groups is 1. The van der Waals surface area contributed by atoms with Gasteiger partial charge >= 0.3 is 0 Å². The maximum atomic E-state index is 12.7. The molecule has 0 unspecified atom stereocenters. The number of thiocarbonyl (C=S) groups is 1. The van der Waals surface area contributed by atoms with Crippen molar-refractivity contribution in [2.45, 2.75) is 6.92 Å². The highest BCUT2D eigenvalue weighted by Gasteiger charge is 2.17. The molecule has 27 heavy (non-hydrogen) atoms. The number of aromatic hydroxyl groups is 1. The fourth-order valence-electron chi connectivity index (χ4n) is 2.88. The number of hydrogen-bond donors (Lipinski definition) is 3. The van der Waals surface area contributed by atoms with Crippen LogP contribution in [-0.4, -0.2) is 23.2 Å².